The van der Waals surface area contributed by atoms with Gasteiger partial charge in [-0.3, -0.25) is 4.68 Å². The molecular formula is C11H22N4. The van der Waals surface area contributed by atoms with Crippen molar-refractivity contribution >= 4 is 0 Å². The molecule has 0 aliphatic carbocycles. The van der Waals surface area contributed by atoms with Crippen molar-refractivity contribution in [3.05, 3.63) is 18.0 Å². The second-order valence-corrected chi connectivity index (χ2v) is 4.27. The van der Waals surface area contributed by atoms with Crippen LogP contribution in [0.2, 0.25) is 0 Å². The van der Waals surface area contributed by atoms with Gasteiger partial charge in [0.25, 0.3) is 0 Å². The largest absolute Gasteiger partial charge is 0.327 e. The van der Waals surface area contributed by atoms with Gasteiger partial charge in [0.2, 0.25) is 0 Å². The summed E-state index contributed by atoms with van der Waals surface area (Å²) in [5.74, 6) is 0. The molecule has 0 fully saturated rings. The molecule has 0 bridgehead atoms. The minimum absolute atomic E-state index is 0.289. The molecule has 0 spiro atoms. The van der Waals surface area contributed by atoms with Crippen molar-refractivity contribution in [2.75, 3.05) is 13.6 Å². The lowest BCUT2D eigenvalue weighted by molar-refractivity contribution is 0.297. The first-order valence-electron chi connectivity index (χ1n) is 5.53. The molecule has 1 rings (SSSR count). The van der Waals surface area contributed by atoms with E-state index in [1.807, 2.05) is 24.1 Å². The molecule has 86 valence electrons. The number of hydrogen-bond acceptors (Lipinski definition) is 3. The van der Waals surface area contributed by atoms with Crippen LogP contribution in [-0.4, -0.2) is 34.3 Å². The second kappa shape index (κ2) is 5.88. The Kier molecular flexibility index (Phi) is 4.78. The molecule has 0 saturated carbocycles. The van der Waals surface area contributed by atoms with Gasteiger partial charge in [-0.1, -0.05) is 13.3 Å². The summed E-state index contributed by atoms with van der Waals surface area (Å²) in [6.07, 6.45) is 6.20. The highest BCUT2D eigenvalue weighted by atomic mass is 15.2. The Morgan fingerprint density at radius 1 is 1.60 bits per heavy atom. The van der Waals surface area contributed by atoms with E-state index in [9.17, 15) is 0 Å². The van der Waals surface area contributed by atoms with Gasteiger partial charge in [-0.05, 0) is 13.5 Å². The number of likely N-dealkylation sites (N-methyl/N-ethyl adjacent to an activating group) is 1. The van der Waals surface area contributed by atoms with E-state index < -0.39 is 0 Å². The van der Waals surface area contributed by atoms with Crippen LogP contribution in [0.3, 0.4) is 0 Å². The Morgan fingerprint density at radius 2 is 2.33 bits per heavy atom. The molecule has 4 heteroatoms. The van der Waals surface area contributed by atoms with Crippen LogP contribution in [0.15, 0.2) is 12.4 Å². The predicted molar refractivity (Wildman–Crippen MR) is 62.4 cm³/mol. The molecule has 1 aromatic rings. The van der Waals surface area contributed by atoms with Crippen molar-refractivity contribution in [2.24, 2.45) is 12.8 Å². The summed E-state index contributed by atoms with van der Waals surface area (Å²) in [4.78, 5) is 2.25. The van der Waals surface area contributed by atoms with Crippen LogP contribution in [-0.2, 0) is 13.6 Å². The third-order valence-corrected chi connectivity index (χ3v) is 2.42. The molecule has 1 atom stereocenters. The summed E-state index contributed by atoms with van der Waals surface area (Å²) in [5, 5.41) is 4.14. The van der Waals surface area contributed by atoms with Crippen molar-refractivity contribution in [1.82, 2.24) is 14.7 Å². The number of aryl methyl sites for hydroxylation is 1. The van der Waals surface area contributed by atoms with E-state index >= 15 is 0 Å². The van der Waals surface area contributed by atoms with Gasteiger partial charge in [-0.25, -0.2) is 0 Å². The highest BCUT2D eigenvalue weighted by molar-refractivity contribution is 5.03. The Hall–Kier alpha value is -0.870. The maximum Gasteiger partial charge on any atom is 0.0534 e. The minimum Gasteiger partial charge on any atom is -0.327 e. The zero-order chi connectivity index (χ0) is 11.3. The lowest BCUT2D eigenvalue weighted by atomic mass is 10.1. The van der Waals surface area contributed by atoms with E-state index in [1.54, 1.807) is 0 Å². The quantitative estimate of drug-likeness (QED) is 0.761. The average molecular weight is 210 g/mol. The van der Waals surface area contributed by atoms with Gasteiger partial charge in [0.1, 0.15) is 0 Å². The van der Waals surface area contributed by atoms with Crippen LogP contribution in [0.25, 0.3) is 0 Å². The van der Waals surface area contributed by atoms with Gasteiger partial charge in [0.15, 0.2) is 0 Å². The first-order valence-corrected chi connectivity index (χ1v) is 5.53. The fraction of sp³-hybridized carbons (Fsp3) is 0.727. The maximum atomic E-state index is 5.98. The molecule has 0 amide bonds. The van der Waals surface area contributed by atoms with Gasteiger partial charge < -0.3 is 10.6 Å². The summed E-state index contributed by atoms with van der Waals surface area (Å²) in [6, 6.07) is 0.289. The molecular weight excluding hydrogens is 188 g/mol. The number of nitrogens with two attached hydrogens (primary N) is 1. The minimum atomic E-state index is 0.289. The van der Waals surface area contributed by atoms with Gasteiger partial charge in [0, 0.05) is 37.9 Å². The summed E-state index contributed by atoms with van der Waals surface area (Å²) in [7, 11) is 4.04. The normalized spacial score (nSPS) is 13.4. The van der Waals surface area contributed by atoms with E-state index in [4.69, 9.17) is 5.73 Å². The van der Waals surface area contributed by atoms with Gasteiger partial charge in [-0.15, -0.1) is 0 Å². The number of hydrogen-bond donors (Lipinski definition) is 1. The zero-order valence-electron chi connectivity index (χ0n) is 9.98. The molecule has 0 aromatic carbocycles. The number of rotatable bonds is 6. The van der Waals surface area contributed by atoms with E-state index in [0.29, 0.717) is 0 Å². The summed E-state index contributed by atoms with van der Waals surface area (Å²) < 4.78 is 1.83. The molecule has 4 nitrogen and oxygen atoms in total. The Balaban J connectivity index is 2.32. The van der Waals surface area contributed by atoms with Crippen molar-refractivity contribution in [3.63, 3.8) is 0 Å². The molecule has 1 unspecified atom stereocenters. The topological polar surface area (TPSA) is 47.1 Å². The van der Waals surface area contributed by atoms with Crippen LogP contribution in [0.1, 0.15) is 25.3 Å². The molecule has 1 heterocycles. The molecule has 0 saturated heterocycles. The maximum absolute atomic E-state index is 5.98. The smallest absolute Gasteiger partial charge is 0.0534 e. The zero-order valence-corrected chi connectivity index (χ0v) is 9.98. The van der Waals surface area contributed by atoms with Crippen molar-refractivity contribution in [2.45, 2.75) is 32.4 Å². The number of aromatic nitrogens is 2. The average Bonchev–Trinajstić information content (AvgIpc) is 2.51. The second-order valence-electron chi connectivity index (χ2n) is 4.27. The van der Waals surface area contributed by atoms with Crippen LogP contribution in [0, 0.1) is 0 Å². The SMILES string of the molecule is CCCC(N)CN(C)Cc1cnn(C)c1. The highest BCUT2D eigenvalue weighted by Gasteiger charge is 2.07. The summed E-state index contributed by atoms with van der Waals surface area (Å²) in [6.45, 7) is 4.04. The van der Waals surface area contributed by atoms with Gasteiger partial charge in [0.05, 0.1) is 6.20 Å². The predicted octanol–water partition coefficient (Wildman–Crippen LogP) is 0.979. The van der Waals surface area contributed by atoms with E-state index in [-0.39, 0.29) is 6.04 Å². The highest BCUT2D eigenvalue weighted by Crippen LogP contribution is 2.03. The standard InChI is InChI=1S/C11H22N4/c1-4-5-11(12)9-14(2)7-10-6-13-15(3)8-10/h6,8,11H,4-5,7,9,12H2,1-3H3. The molecule has 0 aliphatic heterocycles. The van der Waals surface area contributed by atoms with Crippen molar-refractivity contribution in [1.29, 1.82) is 0 Å². The van der Waals surface area contributed by atoms with E-state index in [0.717, 1.165) is 25.9 Å². The van der Waals surface area contributed by atoms with E-state index in [2.05, 4.69) is 24.0 Å². The third-order valence-electron chi connectivity index (χ3n) is 2.42. The monoisotopic (exact) mass is 210 g/mol. The molecule has 15 heavy (non-hydrogen) atoms. The summed E-state index contributed by atoms with van der Waals surface area (Å²) in [5.41, 5.74) is 7.22. The van der Waals surface area contributed by atoms with E-state index in [1.165, 1.54) is 5.56 Å². The lowest BCUT2D eigenvalue weighted by Crippen LogP contribution is -2.34. The Morgan fingerprint density at radius 3 is 2.87 bits per heavy atom. The summed E-state index contributed by atoms with van der Waals surface area (Å²) >= 11 is 0. The number of nitrogens with zero attached hydrogens (tertiary/aromatic N) is 3. The van der Waals surface area contributed by atoms with Crippen LogP contribution >= 0.6 is 0 Å². The Labute approximate surface area is 92.1 Å². The first-order chi connectivity index (χ1) is 7.11. The molecule has 0 radical (unpaired) electrons. The lowest BCUT2D eigenvalue weighted by Gasteiger charge is -2.20. The Bertz CT molecular complexity index is 282. The van der Waals surface area contributed by atoms with Crippen LogP contribution in [0.4, 0.5) is 0 Å². The molecule has 0 aliphatic rings. The first kappa shape index (κ1) is 12.2. The van der Waals surface area contributed by atoms with Gasteiger partial charge >= 0.3 is 0 Å². The van der Waals surface area contributed by atoms with Crippen LogP contribution < -0.4 is 5.73 Å². The fourth-order valence-corrected chi connectivity index (χ4v) is 1.79. The van der Waals surface area contributed by atoms with Gasteiger partial charge in [-0.2, -0.15) is 5.10 Å². The van der Waals surface area contributed by atoms with Crippen molar-refractivity contribution in [3.8, 4) is 0 Å². The molecule has 2 N–H and O–H groups in total. The molecule has 1 aromatic heterocycles. The third kappa shape index (κ3) is 4.44. The fourth-order valence-electron chi connectivity index (χ4n) is 1.79. The van der Waals surface area contributed by atoms with Crippen molar-refractivity contribution < 1.29 is 0 Å². The van der Waals surface area contributed by atoms with Crippen LogP contribution in [0.5, 0.6) is 0 Å².